The fourth-order valence-electron chi connectivity index (χ4n) is 2.50. The number of urea groups is 1. The third kappa shape index (κ3) is 3.19. The van der Waals surface area contributed by atoms with E-state index in [0.29, 0.717) is 11.3 Å². The number of hydrogen-bond acceptors (Lipinski definition) is 4. The van der Waals surface area contributed by atoms with Gasteiger partial charge in [-0.25, -0.2) is 4.79 Å². The Morgan fingerprint density at radius 1 is 1.17 bits per heavy atom. The lowest BCUT2D eigenvalue weighted by molar-refractivity contribution is -0.384. The number of amides is 2. The monoisotopic (exact) mass is 325 g/mol. The van der Waals surface area contributed by atoms with E-state index in [-0.39, 0.29) is 11.7 Å². The molecule has 24 heavy (non-hydrogen) atoms. The van der Waals surface area contributed by atoms with Crippen LogP contribution in [0.4, 0.5) is 10.5 Å². The fourth-order valence-corrected chi connectivity index (χ4v) is 2.50. The Balaban J connectivity index is 1.94. The van der Waals surface area contributed by atoms with E-state index in [9.17, 15) is 14.9 Å². The summed E-state index contributed by atoms with van der Waals surface area (Å²) < 4.78 is 5.12. The molecule has 0 bridgehead atoms. The first-order chi connectivity index (χ1) is 11.6. The largest absolute Gasteiger partial charge is 0.497 e. The maximum absolute atomic E-state index is 12.0. The molecule has 0 aromatic heterocycles. The molecular formula is C17H15N3O4. The molecule has 122 valence electrons. The van der Waals surface area contributed by atoms with Gasteiger partial charge in [-0.3, -0.25) is 10.1 Å². The van der Waals surface area contributed by atoms with Crippen LogP contribution in [-0.2, 0) is 0 Å². The van der Waals surface area contributed by atoms with Gasteiger partial charge in [0.1, 0.15) is 5.75 Å². The van der Waals surface area contributed by atoms with Crippen LogP contribution in [0.15, 0.2) is 54.6 Å². The Hall–Kier alpha value is -3.35. The summed E-state index contributed by atoms with van der Waals surface area (Å²) in [4.78, 5) is 22.4. The standard InChI is InChI=1S/C17H15N3O4/c1-24-14-7-5-11(6-8-14)15-10-16(19-17(21)18-15)12-3-2-4-13(9-12)20(22)23/h2-10,16H,1H3,(H2,18,19,21). The van der Waals surface area contributed by atoms with Crippen molar-refractivity contribution in [3.63, 3.8) is 0 Å². The summed E-state index contributed by atoms with van der Waals surface area (Å²) in [5, 5.41) is 16.4. The SMILES string of the molecule is COc1ccc(C2=CC(c3cccc([N+](=O)[O-])c3)NC(=O)N2)cc1. The van der Waals surface area contributed by atoms with Gasteiger partial charge in [0.05, 0.1) is 18.1 Å². The molecular weight excluding hydrogens is 310 g/mol. The van der Waals surface area contributed by atoms with E-state index in [2.05, 4.69) is 10.6 Å². The number of methoxy groups -OCH3 is 1. The van der Waals surface area contributed by atoms with Gasteiger partial charge >= 0.3 is 6.03 Å². The lowest BCUT2D eigenvalue weighted by atomic mass is 10.0. The normalized spacial score (nSPS) is 16.6. The molecule has 0 saturated heterocycles. The number of benzene rings is 2. The summed E-state index contributed by atoms with van der Waals surface area (Å²) in [7, 11) is 1.58. The minimum Gasteiger partial charge on any atom is -0.497 e. The highest BCUT2D eigenvalue weighted by molar-refractivity contribution is 5.88. The van der Waals surface area contributed by atoms with Crippen LogP contribution in [0.2, 0.25) is 0 Å². The van der Waals surface area contributed by atoms with Gasteiger partial charge in [0.15, 0.2) is 0 Å². The minimum atomic E-state index is -0.458. The average Bonchev–Trinajstić information content (AvgIpc) is 2.61. The highest BCUT2D eigenvalue weighted by Gasteiger charge is 2.22. The number of hydrogen-bond donors (Lipinski definition) is 2. The molecule has 2 aromatic rings. The van der Waals surface area contributed by atoms with Crippen LogP contribution >= 0.6 is 0 Å². The molecule has 1 atom stereocenters. The van der Waals surface area contributed by atoms with Crippen molar-refractivity contribution in [2.45, 2.75) is 6.04 Å². The van der Waals surface area contributed by atoms with E-state index < -0.39 is 11.0 Å². The number of nitrogens with zero attached hydrogens (tertiary/aromatic N) is 1. The van der Waals surface area contributed by atoms with Crippen LogP contribution in [0.25, 0.3) is 5.70 Å². The summed E-state index contributed by atoms with van der Waals surface area (Å²) in [5.41, 5.74) is 2.09. The van der Waals surface area contributed by atoms with Crippen LogP contribution in [0.3, 0.4) is 0 Å². The zero-order valence-electron chi connectivity index (χ0n) is 12.9. The van der Waals surface area contributed by atoms with Gasteiger partial charge < -0.3 is 15.4 Å². The van der Waals surface area contributed by atoms with Gasteiger partial charge in [-0.1, -0.05) is 12.1 Å². The van der Waals surface area contributed by atoms with E-state index in [1.807, 2.05) is 18.2 Å². The Kier molecular flexibility index (Phi) is 4.15. The van der Waals surface area contributed by atoms with Crippen molar-refractivity contribution < 1.29 is 14.5 Å². The Morgan fingerprint density at radius 3 is 2.58 bits per heavy atom. The summed E-state index contributed by atoms with van der Waals surface area (Å²) >= 11 is 0. The third-order valence-corrected chi connectivity index (χ3v) is 3.71. The first-order valence-electron chi connectivity index (χ1n) is 7.25. The molecule has 7 heteroatoms. The number of carbonyl (C=O) groups is 1. The van der Waals surface area contributed by atoms with Crippen molar-refractivity contribution in [2.75, 3.05) is 7.11 Å². The fraction of sp³-hybridized carbons (Fsp3) is 0.118. The molecule has 0 radical (unpaired) electrons. The molecule has 0 aliphatic carbocycles. The van der Waals surface area contributed by atoms with Gasteiger partial charge in [-0.05, 0) is 41.5 Å². The molecule has 1 aliphatic heterocycles. The van der Waals surface area contributed by atoms with E-state index in [4.69, 9.17) is 4.74 Å². The first kappa shape index (κ1) is 15.5. The number of nitro benzene ring substituents is 1. The predicted octanol–water partition coefficient (Wildman–Crippen LogP) is 3.00. The molecule has 1 heterocycles. The van der Waals surface area contributed by atoms with Crippen molar-refractivity contribution >= 4 is 17.4 Å². The second-order valence-corrected chi connectivity index (χ2v) is 5.24. The highest BCUT2D eigenvalue weighted by atomic mass is 16.6. The molecule has 0 fully saturated rings. The molecule has 2 aromatic carbocycles. The Morgan fingerprint density at radius 2 is 1.92 bits per heavy atom. The van der Waals surface area contributed by atoms with Crippen molar-refractivity contribution in [1.82, 2.24) is 10.6 Å². The number of nitrogens with one attached hydrogen (secondary N) is 2. The van der Waals surface area contributed by atoms with Crippen molar-refractivity contribution in [2.24, 2.45) is 0 Å². The quantitative estimate of drug-likeness (QED) is 0.667. The summed E-state index contributed by atoms with van der Waals surface area (Å²) in [6.45, 7) is 0. The maximum Gasteiger partial charge on any atom is 0.319 e. The lowest BCUT2D eigenvalue weighted by Crippen LogP contribution is -2.40. The van der Waals surface area contributed by atoms with Crippen molar-refractivity contribution in [3.05, 3.63) is 75.8 Å². The highest BCUT2D eigenvalue weighted by Crippen LogP contribution is 2.26. The van der Waals surface area contributed by atoms with Crippen LogP contribution in [0.5, 0.6) is 5.75 Å². The zero-order valence-corrected chi connectivity index (χ0v) is 12.9. The molecule has 2 amide bonds. The van der Waals surface area contributed by atoms with Crippen LogP contribution in [0.1, 0.15) is 17.2 Å². The van der Waals surface area contributed by atoms with Crippen LogP contribution in [0, 0.1) is 10.1 Å². The Bertz CT molecular complexity index is 815. The number of rotatable bonds is 4. The molecule has 0 spiro atoms. The predicted molar refractivity (Wildman–Crippen MR) is 88.5 cm³/mol. The molecule has 1 aliphatic rings. The van der Waals surface area contributed by atoms with E-state index in [0.717, 1.165) is 11.3 Å². The topological polar surface area (TPSA) is 93.5 Å². The molecule has 7 nitrogen and oxygen atoms in total. The number of carbonyl (C=O) groups excluding carboxylic acids is 1. The van der Waals surface area contributed by atoms with E-state index in [1.54, 1.807) is 31.4 Å². The first-order valence-corrected chi connectivity index (χ1v) is 7.25. The average molecular weight is 325 g/mol. The van der Waals surface area contributed by atoms with Crippen LogP contribution in [-0.4, -0.2) is 18.1 Å². The number of nitro groups is 1. The van der Waals surface area contributed by atoms with E-state index >= 15 is 0 Å². The van der Waals surface area contributed by atoms with Gasteiger partial charge in [-0.15, -0.1) is 0 Å². The van der Waals surface area contributed by atoms with Gasteiger partial charge in [0.2, 0.25) is 0 Å². The molecule has 1 unspecified atom stereocenters. The summed E-state index contributed by atoms with van der Waals surface area (Å²) in [6.07, 6.45) is 1.82. The number of non-ortho nitro benzene ring substituents is 1. The number of ether oxygens (including phenoxy) is 1. The Labute approximate surface area is 138 Å². The zero-order chi connectivity index (χ0) is 17.1. The van der Waals surface area contributed by atoms with Gasteiger partial charge in [-0.2, -0.15) is 0 Å². The second kappa shape index (κ2) is 6.41. The summed E-state index contributed by atoms with van der Waals surface area (Å²) in [6, 6.07) is 12.7. The minimum absolute atomic E-state index is 0.0142. The van der Waals surface area contributed by atoms with Gasteiger partial charge in [0.25, 0.3) is 5.69 Å². The maximum atomic E-state index is 12.0. The summed E-state index contributed by atoms with van der Waals surface area (Å²) in [5.74, 6) is 0.717. The molecule has 0 saturated carbocycles. The van der Waals surface area contributed by atoms with Crippen molar-refractivity contribution in [3.8, 4) is 5.75 Å². The van der Waals surface area contributed by atoms with Crippen LogP contribution < -0.4 is 15.4 Å². The second-order valence-electron chi connectivity index (χ2n) is 5.24. The molecule has 3 rings (SSSR count). The smallest absolute Gasteiger partial charge is 0.319 e. The molecule has 2 N–H and O–H groups in total. The van der Waals surface area contributed by atoms with Crippen molar-refractivity contribution in [1.29, 1.82) is 0 Å². The van der Waals surface area contributed by atoms with Gasteiger partial charge in [0, 0.05) is 17.8 Å². The lowest BCUT2D eigenvalue weighted by Gasteiger charge is -2.24. The third-order valence-electron chi connectivity index (χ3n) is 3.71. The van der Waals surface area contributed by atoms with E-state index in [1.165, 1.54) is 12.1 Å².